The molecule has 0 spiro atoms. The van der Waals surface area contributed by atoms with Gasteiger partial charge in [0.2, 0.25) is 11.8 Å². The number of ether oxygens (including phenoxy) is 1. The Morgan fingerprint density at radius 3 is 2.12 bits per heavy atom. The molecule has 0 fully saturated rings. The van der Waals surface area contributed by atoms with Crippen molar-refractivity contribution in [3.05, 3.63) is 71.8 Å². The highest BCUT2D eigenvalue weighted by Gasteiger charge is 2.17. The molecule has 2 rings (SSSR count). The monoisotopic (exact) mass is 326 g/mol. The van der Waals surface area contributed by atoms with E-state index in [-0.39, 0.29) is 12.5 Å². The highest BCUT2D eigenvalue weighted by Crippen LogP contribution is 2.05. The number of nitrogens with one attached hydrogen (secondary N) is 1. The van der Waals surface area contributed by atoms with E-state index in [0.29, 0.717) is 19.4 Å². The van der Waals surface area contributed by atoms with Crippen molar-refractivity contribution in [1.82, 2.24) is 5.32 Å². The molecule has 0 aliphatic carbocycles. The van der Waals surface area contributed by atoms with Gasteiger partial charge in [-0.15, -0.1) is 0 Å². The topological polar surface area (TPSA) is 81.4 Å². The van der Waals surface area contributed by atoms with Crippen LogP contribution < -0.4 is 11.1 Å². The van der Waals surface area contributed by atoms with Gasteiger partial charge in [0.1, 0.15) is 12.6 Å². The van der Waals surface area contributed by atoms with Crippen molar-refractivity contribution in [3.8, 4) is 0 Å². The molecule has 126 valence electrons. The predicted octanol–water partition coefficient (Wildman–Crippen LogP) is 1.81. The molecule has 0 radical (unpaired) electrons. The fourth-order valence-corrected chi connectivity index (χ4v) is 2.31. The van der Waals surface area contributed by atoms with Crippen LogP contribution in [0.25, 0.3) is 0 Å². The van der Waals surface area contributed by atoms with Gasteiger partial charge in [-0.1, -0.05) is 60.7 Å². The zero-order valence-corrected chi connectivity index (χ0v) is 13.5. The minimum atomic E-state index is -0.696. The average molecular weight is 326 g/mol. The summed E-state index contributed by atoms with van der Waals surface area (Å²) in [5, 5.41) is 2.63. The van der Waals surface area contributed by atoms with Crippen LogP contribution in [0, 0.1) is 0 Å². The molecule has 2 amide bonds. The summed E-state index contributed by atoms with van der Waals surface area (Å²) in [6.45, 7) is 0.240. The van der Waals surface area contributed by atoms with Gasteiger partial charge < -0.3 is 15.8 Å². The molecule has 0 aromatic heterocycles. The standard InChI is InChI=1S/C19H22N2O3/c20-19(23)17(12-11-15-7-3-1-4-8-15)21-18(22)14-24-13-16-9-5-2-6-10-16/h1-10,17H,11-14H2,(H2,20,23)(H,21,22)/t17-/m0/s1. The predicted molar refractivity (Wildman–Crippen MR) is 92.0 cm³/mol. The molecule has 2 aromatic carbocycles. The normalized spacial score (nSPS) is 11.7. The Labute approximate surface area is 141 Å². The Kier molecular flexibility index (Phi) is 6.98. The second-order valence-electron chi connectivity index (χ2n) is 5.53. The van der Waals surface area contributed by atoms with E-state index in [4.69, 9.17) is 10.5 Å². The van der Waals surface area contributed by atoms with Crippen LogP contribution in [0.2, 0.25) is 0 Å². The molecule has 3 N–H and O–H groups in total. The summed E-state index contributed by atoms with van der Waals surface area (Å²) >= 11 is 0. The van der Waals surface area contributed by atoms with Gasteiger partial charge >= 0.3 is 0 Å². The fraction of sp³-hybridized carbons (Fsp3) is 0.263. The molecule has 1 atom stereocenters. The first-order valence-corrected chi connectivity index (χ1v) is 7.89. The number of nitrogens with two attached hydrogens (primary N) is 1. The van der Waals surface area contributed by atoms with Crippen LogP contribution in [0.3, 0.4) is 0 Å². The second kappa shape index (κ2) is 9.47. The van der Waals surface area contributed by atoms with Crippen molar-refractivity contribution in [2.24, 2.45) is 5.73 Å². The Morgan fingerprint density at radius 2 is 1.54 bits per heavy atom. The number of benzene rings is 2. The van der Waals surface area contributed by atoms with Crippen LogP contribution in [0.15, 0.2) is 60.7 Å². The van der Waals surface area contributed by atoms with Crippen molar-refractivity contribution in [3.63, 3.8) is 0 Å². The number of aryl methyl sites for hydroxylation is 1. The van der Waals surface area contributed by atoms with E-state index in [2.05, 4.69) is 5.32 Å². The molecule has 0 bridgehead atoms. The Balaban J connectivity index is 1.75. The van der Waals surface area contributed by atoms with Crippen molar-refractivity contribution in [1.29, 1.82) is 0 Å². The minimum absolute atomic E-state index is 0.107. The first kappa shape index (κ1) is 17.7. The zero-order chi connectivity index (χ0) is 17.2. The van der Waals surface area contributed by atoms with Crippen LogP contribution in [0.5, 0.6) is 0 Å². The third kappa shape index (κ3) is 6.22. The highest BCUT2D eigenvalue weighted by atomic mass is 16.5. The van der Waals surface area contributed by atoms with E-state index in [1.165, 1.54) is 0 Å². The summed E-state index contributed by atoms with van der Waals surface area (Å²) < 4.78 is 5.36. The van der Waals surface area contributed by atoms with Gasteiger partial charge in [-0.05, 0) is 24.0 Å². The summed E-state index contributed by atoms with van der Waals surface area (Å²) in [4.78, 5) is 23.4. The number of carbonyl (C=O) groups excluding carboxylic acids is 2. The molecule has 0 saturated carbocycles. The van der Waals surface area contributed by atoms with Gasteiger partial charge in [0.25, 0.3) is 0 Å². The highest BCUT2D eigenvalue weighted by molar-refractivity contribution is 5.87. The molecular formula is C19H22N2O3. The fourth-order valence-electron chi connectivity index (χ4n) is 2.31. The molecule has 0 heterocycles. The SMILES string of the molecule is NC(=O)[C@H](CCc1ccccc1)NC(=O)COCc1ccccc1. The van der Waals surface area contributed by atoms with Crippen molar-refractivity contribution in [2.45, 2.75) is 25.5 Å². The molecule has 5 heteroatoms. The molecule has 2 aromatic rings. The van der Waals surface area contributed by atoms with Crippen molar-refractivity contribution in [2.75, 3.05) is 6.61 Å². The van der Waals surface area contributed by atoms with Gasteiger partial charge in [0.15, 0.2) is 0 Å². The molecule has 0 aliphatic rings. The van der Waals surface area contributed by atoms with E-state index < -0.39 is 11.9 Å². The molecular weight excluding hydrogens is 304 g/mol. The maximum Gasteiger partial charge on any atom is 0.246 e. The number of rotatable bonds is 9. The number of primary amides is 1. The molecule has 24 heavy (non-hydrogen) atoms. The Bertz CT molecular complexity index is 644. The summed E-state index contributed by atoms with van der Waals surface area (Å²) in [7, 11) is 0. The van der Waals surface area contributed by atoms with Crippen molar-refractivity contribution < 1.29 is 14.3 Å². The molecule has 5 nitrogen and oxygen atoms in total. The van der Waals surface area contributed by atoms with Gasteiger partial charge in [-0.3, -0.25) is 9.59 Å². The smallest absolute Gasteiger partial charge is 0.246 e. The van der Waals surface area contributed by atoms with Gasteiger partial charge in [-0.25, -0.2) is 0 Å². The van der Waals surface area contributed by atoms with Crippen LogP contribution in [-0.4, -0.2) is 24.5 Å². The average Bonchev–Trinajstić information content (AvgIpc) is 2.60. The Morgan fingerprint density at radius 1 is 0.958 bits per heavy atom. The largest absolute Gasteiger partial charge is 0.368 e. The summed E-state index contributed by atoms with van der Waals surface area (Å²) in [5.74, 6) is -0.884. The van der Waals surface area contributed by atoms with Gasteiger partial charge in [-0.2, -0.15) is 0 Å². The number of hydrogen-bond acceptors (Lipinski definition) is 3. The van der Waals surface area contributed by atoms with Gasteiger partial charge in [0, 0.05) is 0 Å². The van der Waals surface area contributed by atoms with E-state index in [1.807, 2.05) is 60.7 Å². The first-order valence-electron chi connectivity index (χ1n) is 7.89. The lowest BCUT2D eigenvalue weighted by molar-refractivity contribution is -0.130. The first-order chi connectivity index (χ1) is 11.6. The molecule has 0 aliphatic heterocycles. The third-order valence-electron chi connectivity index (χ3n) is 3.59. The summed E-state index contributed by atoms with van der Waals surface area (Å²) in [6, 6.07) is 18.6. The minimum Gasteiger partial charge on any atom is -0.368 e. The maximum absolute atomic E-state index is 11.9. The molecule has 0 saturated heterocycles. The van der Waals surface area contributed by atoms with Crippen molar-refractivity contribution >= 4 is 11.8 Å². The lowest BCUT2D eigenvalue weighted by atomic mass is 10.0. The second-order valence-corrected chi connectivity index (χ2v) is 5.53. The lowest BCUT2D eigenvalue weighted by Gasteiger charge is -2.15. The number of carbonyl (C=O) groups is 2. The third-order valence-corrected chi connectivity index (χ3v) is 3.59. The summed E-state index contributed by atoms with van der Waals surface area (Å²) in [6.07, 6.45) is 1.13. The quantitative estimate of drug-likeness (QED) is 0.737. The van der Waals surface area contributed by atoms with Crippen LogP contribution >= 0.6 is 0 Å². The molecule has 0 unspecified atom stereocenters. The number of amides is 2. The zero-order valence-electron chi connectivity index (χ0n) is 13.5. The van der Waals surface area contributed by atoms with E-state index in [1.54, 1.807) is 0 Å². The maximum atomic E-state index is 11.9. The van der Waals surface area contributed by atoms with E-state index in [0.717, 1.165) is 11.1 Å². The van der Waals surface area contributed by atoms with Crippen LogP contribution in [-0.2, 0) is 27.4 Å². The van der Waals surface area contributed by atoms with E-state index in [9.17, 15) is 9.59 Å². The summed E-state index contributed by atoms with van der Waals surface area (Å²) in [5.41, 5.74) is 7.46. The Hall–Kier alpha value is -2.66. The van der Waals surface area contributed by atoms with Gasteiger partial charge in [0.05, 0.1) is 6.61 Å². The van der Waals surface area contributed by atoms with E-state index >= 15 is 0 Å². The lowest BCUT2D eigenvalue weighted by Crippen LogP contribution is -2.46. The van der Waals surface area contributed by atoms with Crippen LogP contribution in [0.1, 0.15) is 17.5 Å². The number of hydrogen-bond donors (Lipinski definition) is 2. The van der Waals surface area contributed by atoms with Crippen LogP contribution in [0.4, 0.5) is 0 Å².